The lowest BCUT2D eigenvalue weighted by Gasteiger charge is -2.01. The van der Waals surface area contributed by atoms with Crippen LogP contribution in [0, 0.1) is 0 Å². The number of nitrogen functional groups attached to an aromatic ring is 1. The second kappa shape index (κ2) is 3.16. The van der Waals surface area contributed by atoms with Crippen molar-refractivity contribution in [3.05, 3.63) is 34.0 Å². The molecule has 2 nitrogen and oxygen atoms in total. The molecule has 0 fully saturated rings. The summed E-state index contributed by atoms with van der Waals surface area (Å²) in [6.45, 7) is 0. The third kappa shape index (κ3) is 1.62. The summed E-state index contributed by atoms with van der Waals surface area (Å²) in [6, 6.07) is 5.58. The molecule has 0 unspecified atom stereocenters. The van der Waals surface area contributed by atoms with E-state index in [1.54, 1.807) is 12.3 Å². The summed E-state index contributed by atoms with van der Waals surface area (Å²) in [6.07, 6.45) is 1.72. The number of aromatic nitrogens is 1. The maximum atomic E-state index is 5.75. The van der Waals surface area contributed by atoms with E-state index < -0.39 is 0 Å². The molecule has 0 saturated carbocycles. The van der Waals surface area contributed by atoms with Gasteiger partial charge in [-0.25, -0.2) is 4.98 Å². The molecule has 0 bridgehead atoms. The molecule has 13 heavy (non-hydrogen) atoms. The molecule has 0 amide bonds. The number of pyridine rings is 1. The van der Waals surface area contributed by atoms with Crippen LogP contribution >= 0.6 is 27.5 Å². The maximum absolute atomic E-state index is 5.75. The number of benzene rings is 1. The molecular formula is C9H6BrClN2. The van der Waals surface area contributed by atoms with Crippen molar-refractivity contribution in [2.45, 2.75) is 0 Å². The molecule has 2 N–H and O–H groups in total. The molecular weight excluding hydrogens is 251 g/mol. The normalized spacial score (nSPS) is 10.6. The van der Waals surface area contributed by atoms with Crippen molar-refractivity contribution >= 4 is 44.0 Å². The van der Waals surface area contributed by atoms with Crippen LogP contribution in [0.5, 0.6) is 0 Å². The van der Waals surface area contributed by atoms with Gasteiger partial charge in [-0.05, 0) is 39.5 Å². The minimum atomic E-state index is 0.481. The van der Waals surface area contributed by atoms with Gasteiger partial charge in [0.15, 0.2) is 0 Å². The predicted octanol–water partition coefficient (Wildman–Crippen LogP) is 3.23. The van der Waals surface area contributed by atoms with E-state index in [0.29, 0.717) is 10.8 Å². The lowest BCUT2D eigenvalue weighted by atomic mass is 10.1. The summed E-state index contributed by atoms with van der Waals surface area (Å²) in [5.41, 5.74) is 6.43. The van der Waals surface area contributed by atoms with Crippen LogP contribution < -0.4 is 5.73 Å². The molecule has 66 valence electrons. The van der Waals surface area contributed by atoms with Crippen molar-refractivity contribution in [1.82, 2.24) is 4.98 Å². The summed E-state index contributed by atoms with van der Waals surface area (Å²) in [7, 11) is 0. The second-order valence-corrected chi connectivity index (χ2v) is 3.97. The highest BCUT2D eigenvalue weighted by molar-refractivity contribution is 9.10. The minimum absolute atomic E-state index is 0.481. The van der Waals surface area contributed by atoms with Crippen molar-refractivity contribution in [3.63, 3.8) is 0 Å². The van der Waals surface area contributed by atoms with Crippen molar-refractivity contribution in [2.75, 3.05) is 5.73 Å². The number of fused-ring (bicyclic) bond motifs is 1. The Hall–Kier alpha value is -0.800. The van der Waals surface area contributed by atoms with Gasteiger partial charge in [-0.3, -0.25) is 0 Å². The lowest BCUT2D eigenvalue weighted by molar-refractivity contribution is 1.36. The van der Waals surface area contributed by atoms with Crippen LogP contribution in [-0.4, -0.2) is 4.98 Å². The molecule has 0 aliphatic carbocycles. The Bertz CT molecular complexity index is 470. The van der Waals surface area contributed by atoms with Gasteiger partial charge in [0.1, 0.15) is 5.15 Å². The molecule has 4 heteroatoms. The van der Waals surface area contributed by atoms with Crippen molar-refractivity contribution in [3.8, 4) is 0 Å². The topological polar surface area (TPSA) is 38.9 Å². The molecule has 0 spiro atoms. The molecule has 0 aliphatic heterocycles. The van der Waals surface area contributed by atoms with E-state index in [2.05, 4.69) is 20.9 Å². The van der Waals surface area contributed by atoms with Crippen LogP contribution in [0.2, 0.25) is 5.15 Å². The number of hydrogen-bond acceptors (Lipinski definition) is 2. The quantitative estimate of drug-likeness (QED) is 0.581. The highest BCUT2D eigenvalue weighted by atomic mass is 79.9. The fraction of sp³-hybridized carbons (Fsp3) is 0. The first-order chi connectivity index (χ1) is 6.16. The zero-order valence-corrected chi connectivity index (χ0v) is 8.93. The third-order valence-corrected chi connectivity index (χ3v) is 2.70. The van der Waals surface area contributed by atoms with Gasteiger partial charge in [-0.2, -0.15) is 0 Å². The average Bonchev–Trinajstić information content (AvgIpc) is 2.08. The van der Waals surface area contributed by atoms with Gasteiger partial charge >= 0.3 is 0 Å². The number of anilines is 1. The number of nitrogens with zero attached hydrogens (tertiary/aromatic N) is 1. The average molecular weight is 258 g/mol. The number of hydrogen-bond donors (Lipinski definition) is 1. The monoisotopic (exact) mass is 256 g/mol. The molecule has 0 atom stereocenters. The van der Waals surface area contributed by atoms with Crippen LogP contribution in [-0.2, 0) is 0 Å². The van der Waals surface area contributed by atoms with E-state index in [0.717, 1.165) is 15.2 Å². The SMILES string of the molecule is Nc1cc2cc(Cl)ncc2cc1Br. The summed E-state index contributed by atoms with van der Waals surface area (Å²) >= 11 is 9.10. The van der Waals surface area contributed by atoms with Crippen LogP contribution in [0.25, 0.3) is 10.8 Å². The Balaban J connectivity index is 2.81. The Labute approximate surface area is 88.8 Å². The van der Waals surface area contributed by atoms with E-state index in [-0.39, 0.29) is 0 Å². The maximum Gasteiger partial charge on any atom is 0.129 e. The van der Waals surface area contributed by atoms with Crippen LogP contribution in [0.3, 0.4) is 0 Å². The first kappa shape index (κ1) is 8.78. The summed E-state index contributed by atoms with van der Waals surface area (Å²) in [5, 5.41) is 2.50. The zero-order valence-electron chi connectivity index (χ0n) is 6.59. The standard InChI is InChI=1S/C9H6BrClN2/c10-7-1-6-4-13-9(11)3-5(6)2-8(7)12/h1-4H,12H2. The molecule has 1 aromatic carbocycles. The van der Waals surface area contributed by atoms with Gasteiger partial charge in [-0.15, -0.1) is 0 Å². The molecule has 2 rings (SSSR count). The molecule has 2 aromatic rings. The second-order valence-electron chi connectivity index (χ2n) is 2.73. The highest BCUT2D eigenvalue weighted by Crippen LogP contribution is 2.26. The van der Waals surface area contributed by atoms with E-state index in [4.69, 9.17) is 17.3 Å². The lowest BCUT2D eigenvalue weighted by Crippen LogP contribution is -1.87. The van der Waals surface area contributed by atoms with Gasteiger partial charge in [0.05, 0.1) is 0 Å². The van der Waals surface area contributed by atoms with Gasteiger partial charge in [0.25, 0.3) is 0 Å². The molecule has 1 aromatic heterocycles. The van der Waals surface area contributed by atoms with Gasteiger partial charge in [0.2, 0.25) is 0 Å². The Morgan fingerprint density at radius 1 is 1.23 bits per heavy atom. The smallest absolute Gasteiger partial charge is 0.129 e. The molecule has 0 saturated heterocycles. The van der Waals surface area contributed by atoms with Gasteiger partial charge < -0.3 is 5.73 Å². The highest BCUT2D eigenvalue weighted by Gasteiger charge is 2.00. The largest absolute Gasteiger partial charge is 0.398 e. The molecule has 1 heterocycles. The fourth-order valence-electron chi connectivity index (χ4n) is 1.16. The number of nitrogens with two attached hydrogens (primary N) is 1. The zero-order chi connectivity index (χ0) is 9.42. The van der Waals surface area contributed by atoms with Crippen molar-refractivity contribution in [2.24, 2.45) is 0 Å². The molecule has 0 radical (unpaired) electrons. The van der Waals surface area contributed by atoms with E-state index in [9.17, 15) is 0 Å². The van der Waals surface area contributed by atoms with Gasteiger partial charge in [-0.1, -0.05) is 11.6 Å². The Morgan fingerprint density at radius 2 is 2.00 bits per heavy atom. The first-order valence-electron chi connectivity index (χ1n) is 3.67. The fourth-order valence-corrected chi connectivity index (χ4v) is 1.68. The van der Waals surface area contributed by atoms with Gasteiger partial charge in [0, 0.05) is 21.7 Å². The van der Waals surface area contributed by atoms with Crippen LogP contribution in [0.4, 0.5) is 5.69 Å². The summed E-state index contributed by atoms with van der Waals surface area (Å²) < 4.78 is 0.879. The Morgan fingerprint density at radius 3 is 2.77 bits per heavy atom. The molecule has 0 aliphatic rings. The summed E-state index contributed by atoms with van der Waals surface area (Å²) in [4.78, 5) is 3.98. The minimum Gasteiger partial charge on any atom is -0.398 e. The van der Waals surface area contributed by atoms with Crippen molar-refractivity contribution in [1.29, 1.82) is 0 Å². The predicted molar refractivity (Wildman–Crippen MR) is 58.9 cm³/mol. The third-order valence-electron chi connectivity index (χ3n) is 1.80. The number of halogens is 2. The van der Waals surface area contributed by atoms with E-state index >= 15 is 0 Å². The first-order valence-corrected chi connectivity index (χ1v) is 4.84. The van der Waals surface area contributed by atoms with Crippen LogP contribution in [0.15, 0.2) is 28.9 Å². The summed E-state index contributed by atoms with van der Waals surface area (Å²) in [5.74, 6) is 0. The number of rotatable bonds is 0. The Kier molecular flexibility index (Phi) is 2.14. The van der Waals surface area contributed by atoms with Crippen LogP contribution in [0.1, 0.15) is 0 Å². The van der Waals surface area contributed by atoms with E-state index in [1.165, 1.54) is 0 Å². The van der Waals surface area contributed by atoms with Crippen molar-refractivity contribution < 1.29 is 0 Å². The van der Waals surface area contributed by atoms with E-state index in [1.807, 2.05) is 12.1 Å².